The number of likely N-dealkylation sites (tertiary alicyclic amines) is 1. The molecule has 1 unspecified atom stereocenters. The third-order valence-corrected chi connectivity index (χ3v) is 3.25. The highest BCUT2D eigenvalue weighted by Crippen LogP contribution is 2.23. The molecule has 17 heavy (non-hydrogen) atoms. The van der Waals surface area contributed by atoms with Crippen LogP contribution in [0.3, 0.4) is 0 Å². The van der Waals surface area contributed by atoms with Gasteiger partial charge in [0.25, 0.3) is 0 Å². The van der Waals surface area contributed by atoms with Gasteiger partial charge in [-0.2, -0.15) is 0 Å². The van der Waals surface area contributed by atoms with Gasteiger partial charge < -0.3 is 16.6 Å². The average Bonchev–Trinajstić information content (AvgIpc) is 2.71. The van der Waals surface area contributed by atoms with Gasteiger partial charge in [0, 0.05) is 24.0 Å². The van der Waals surface area contributed by atoms with E-state index in [-0.39, 0.29) is 25.1 Å². The molecule has 0 amide bonds. The van der Waals surface area contributed by atoms with Crippen molar-refractivity contribution >= 4 is 23.8 Å². The first-order chi connectivity index (χ1) is 7.70. The van der Waals surface area contributed by atoms with Crippen molar-refractivity contribution in [3.63, 3.8) is 0 Å². The maximum Gasteiger partial charge on any atom is 0.0587 e. The molecule has 0 aromatic heterocycles. The van der Waals surface area contributed by atoms with Crippen LogP contribution in [0.2, 0.25) is 0 Å². The fraction of sp³-hybridized carbons (Fsp3) is 0.500. The number of hydrogen-bond donors (Lipinski definition) is 3. The molecule has 1 saturated heterocycles. The molecular formula is C12H20ClN3O. The number of benzene rings is 1. The molecule has 1 fully saturated rings. The number of anilines is 2. The molecule has 0 spiro atoms. The van der Waals surface area contributed by atoms with Crippen LogP contribution < -0.4 is 11.5 Å². The Balaban J connectivity index is 0.00000144. The van der Waals surface area contributed by atoms with Crippen molar-refractivity contribution in [2.45, 2.75) is 25.4 Å². The van der Waals surface area contributed by atoms with Crippen molar-refractivity contribution in [3.05, 3.63) is 23.8 Å². The zero-order chi connectivity index (χ0) is 11.5. The van der Waals surface area contributed by atoms with Crippen molar-refractivity contribution in [2.24, 2.45) is 0 Å². The monoisotopic (exact) mass is 257 g/mol. The molecule has 2 rings (SSSR count). The van der Waals surface area contributed by atoms with Crippen LogP contribution in [0.1, 0.15) is 18.4 Å². The molecule has 1 aromatic rings. The number of aliphatic hydroxyl groups is 1. The summed E-state index contributed by atoms with van der Waals surface area (Å²) in [5.41, 5.74) is 14.2. The van der Waals surface area contributed by atoms with Gasteiger partial charge in [-0.3, -0.25) is 4.90 Å². The number of hydrogen-bond acceptors (Lipinski definition) is 4. The Labute approximate surface area is 108 Å². The lowest BCUT2D eigenvalue weighted by molar-refractivity contribution is 0.154. The maximum absolute atomic E-state index is 9.24. The van der Waals surface area contributed by atoms with E-state index in [1.807, 2.05) is 18.2 Å². The Kier molecular flexibility index (Phi) is 5.05. The van der Waals surface area contributed by atoms with Gasteiger partial charge in [-0.05, 0) is 43.1 Å². The summed E-state index contributed by atoms with van der Waals surface area (Å²) in [4.78, 5) is 2.27. The van der Waals surface area contributed by atoms with Crippen molar-refractivity contribution < 1.29 is 5.11 Å². The quantitative estimate of drug-likeness (QED) is 0.712. The lowest BCUT2D eigenvalue weighted by Gasteiger charge is -2.23. The predicted molar refractivity (Wildman–Crippen MR) is 73.0 cm³/mol. The minimum Gasteiger partial charge on any atom is -0.399 e. The van der Waals surface area contributed by atoms with Crippen LogP contribution in [0.4, 0.5) is 11.4 Å². The summed E-state index contributed by atoms with van der Waals surface area (Å²) in [6.07, 6.45) is 2.21. The molecule has 0 radical (unpaired) electrons. The lowest BCUT2D eigenvalue weighted by atomic mass is 10.1. The standard InChI is InChI=1S/C12H19N3O.ClH/c13-10-3-4-12(14)9(6-10)7-15-5-1-2-11(15)8-16;/h3-4,6,11,16H,1-2,5,7-8,13-14H2;1H. The van der Waals surface area contributed by atoms with Gasteiger partial charge in [-0.25, -0.2) is 0 Å². The average molecular weight is 258 g/mol. The zero-order valence-electron chi connectivity index (χ0n) is 9.80. The van der Waals surface area contributed by atoms with E-state index in [2.05, 4.69) is 4.90 Å². The van der Waals surface area contributed by atoms with Gasteiger partial charge in [-0.1, -0.05) is 0 Å². The first-order valence-electron chi connectivity index (χ1n) is 5.69. The van der Waals surface area contributed by atoms with Gasteiger partial charge in [0.2, 0.25) is 0 Å². The van der Waals surface area contributed by atoms with Gasteiger partial charge >= 0.3 is 0 Å². The number of nitrogens with two attached hydrogens (primary N) is 2. The van der Waals surface area contributed by atoms with Crippen LogP contribution in [-0.4, -0.2) is 29.2 Å². The summed E-state index contributed by atoms with van der Waals surface area (Å²) >= 11 is 0. The molecule has 5 N–H and O–H groups in total. The van der Waals surface area contributed by atoms with E-state index in [1.54, 1.807) is 0 Å². The Morgan fingerprint density at radius 1 is 1.35 bits per heavy atom. The topological polar surface area (TPSA) is 75.5 Å². The van der Waals surface area contributed by atoms with Crippen LogP contribution in [0.25, 0.3) is 0 Å². The van der Waals surface area contributed by atoms with Crippen LogP contribution >= 0.6 is 12.4 Å². The fourth-order valence-electron chi connectivity index (χ4n) is 2.29. The Hall–Kier alpha value is -0.970. The third kappa shape index (κ3) is 3.25. The minimum atomic E-state index is 0. The van der Waals surface area contributed by atoms with Crippen LogP contribution in [0.15, 0.2) is 18.2 Å². The van der Waals surface area contributed by atoms with Crippen molar-refractivity contribution in [1.82, 2.24) is 4.90 Å². The summed E-state index contributed by atoms with van der Waals surface area (Å²) < 4.78 is 0. The second kappa shape index (κ2) is 6.10. The van der Waals surface area contributed by atoms with E-state index in [1.165, 1.54) is 0 Å². The summed E-state index contributed by atoms with van der Waals surface area (Å²) in [7, 11) is 0. The molecule has 1 aliphatic rings. The van der Waals surface area contributed by atoms with Crippen LogP contribution in [0.5, 0.6) is 0 Å². The molecule has 5 heteroatoms. The van der Waals surface area contributed by atoms with Gasteiger partial charge in [-0.15, -0.1) is 12.4 Å². The number of rotatable bonds is 3. The maximum atomic E-state index is 9.24. The molecule has 4 nitrogen and oxygen atoms in total. The van der Waals surface area contributed by atoms with E-state index < -0.39 is 0 Å². The fourth-order valence-corrected chi connectivity index (χ4v) is 2.29. The van der Waals surface area contributed by atoms with E-state index in [4.69, 9.17) is 11.5 Å². The number of halogens is 1. The van der Waals surface area contributed by atoms with Gasteiger partial charge in [0.15, 0.2) is 0 Å². The molecule has 96 valence electrons. The molecule has 1 heterocycles. The summed E-state index contributed by atoms with van der Waals surface area (Å²) in [6.45, 7) is 2.03. The molecule has 1 aromatic carbocycles. The molecule has 0 bridgehead atoms. The van der Waals surface area contributed by atoms with E-state index in [9.17, 15) is 5.11 Å². The largest absolute Gasteiger partial charge is 0.399 e. The molecule has 0 aliphatic carbocycles. The summed E-state index contributed by atoms with van der Waals surface area (Å²) in [5.74, 6) is 0. The number of aliphatic hydroxyl groups excluding tert-OH is 1. The lowest BCUT2D eigenvalue weighted by Crippen LogP contribution is -2.31. The number of nitrogen functional groups attached to an aromatic ring is 2. The van der Waals surface area contributed by atoms with E-state index >= 15 is 0 Å². The second-order valence-electron chi connectivity index (χ2n) is 4.41. The minimum absolute atomic E-state index is 0. The van der Waals surface area contributed by atoms with Gasteiger partial charge in [0.05, 0.1) is 6.61 Å². The third-order valence-electron chi connectivity index (χ3n) is 3.25. The molecular weight excluding hydrogens is 238 g/mol. The zero-order valence-corrected chi connectivity index (χ0v) is 10.6. The van der Waals surface area contributed by atoms with Crippen molar-refractivity contribution in [3.8, 4) is 0 Å². The highest BCUT2D eigenvalue weighted by atomic mass is 35.5. The highest BCUT2D eigenvalue weighted by Gasteiger charge is 2.23. The Bertz CT molecular complexity index is 373. The Morgan fingerprint density at radius 2 is 2.12 bits per heavy atom. The van der Waals surface area contributed by atoms with Crippen molar-refractivity contribution in [1.29, 1.82) is 0 Å². The first-order valence-corrected chi connectivity index (χ1v) is 5.69. The van der Waals surface area contributed by atoms with E-state index in [0.717, 1.165) is 42.9 Å². The van der Waals surface area contributed by atoms with Crippen molar-refractivity contribution in [2.75, 3.05) is 24.6 Å². The summed E-state index contributed by atoms with van der Waals surface area (Å²) in [6, 6.07) is 5.85. The SMILES string of the molecule is Cl.Nc1ccc(N)c(CN2CCCC2CO)c1. The van der Waals surface area contributed by atoms with Crippen LogP contribution in [0, 0.1) is 0 Å². The second-order valence-corrected chi connectivity index (χ2v) is 4.41. The number of nitrogens with zero attached hydrogens (tertiary/aromatic N) is 1. The predicted octanol–water partition coefficient (Wildman–Crippen LogP) is 1.23. The first kappa shape index (κ1) is 14.1. The molecule has 1 aliphatic heterocycles. The highest BCUT2D eigenvalue weighted by molar-refractivity contribution is 5.85. The normalized spacial score (nSPS) is 20.2. The smallest absolute Gasteiger partial charge is 0.0587 e. The Morgan fingerprint density at radius 3 is 2.82 bits per heavy atom. The van der Waals surface area contributed by atoms with E-state index in [0.29, 0.717) is 0 Å². The molecule has 1 atom stereocenters. The van der Waals surface area contributed by atoms with Gasteiger partial charge in [0.1, 0.15) is 0 Å². The summed E-state index contributed by atoms with van der Waals surface area (Å²) in [5, 5.41) is 9.24. The molecule has 0 saturated carbocycles. The van der Waals surface area contributed by atoms with Crippen LogP contribution in [-0.2, 0) is 6.54 Å².